The van der Waals surface area contributed by atoms with Gasteiger partial charge in [-0.05, 0) is 13.0 Å². The molecule has 78 valence electrons. The number of nitrogens with two attached hydrogens (primary N) is 1. The summed E-state index contributed by atoms with van der Waals surface area (Å²) in [4.78, 5) is 16.8. The molecule has 2 aromatic heterocycles. The Kier molecular flexibility index (Phi) is 2.50. The zero-order chi connectivity index (χ0) is 11.0. The minimum Gasteiger partial charge on any atom is -0.394 e. The summed E-state index contributed by atoms with van der Waals surface area (Å²) in [7, 11) is 0. The normalized spacial score (nSPS) is 10.5. The maximum absolute atomic E-state index is 11.7. The number of nitrogen functional groups attached to an aromatic ring is 1. The van der Waals surface area contributed by atoms with Crippen molar-refractivity contribution in [3.05, 3.63) is 38.7 Å². The van der Waals surface area contributed by atoms with E-state index in [1.165, 1.54) is 28.2 Å². The van der Waals surface area contributed by atoms with Crippen LogP contribution in [0.25, 0.3) is 5.13 Å². The van der Waals surface area contributed by atoms with Gasteiger partial charge in [-0.25, -0.2) is 4.98 Å². The largest absolute Gasteiger partial charge is 0.394 e. The van der Waals surface area contributed by atoms with E-state index in [9.17, 15) is 4.79 Å². The van der Waals surface area contributed by atoms with Gasteiger partial charge in [0.05, 0.1) is 10.7 Å². The third-order valence-electron chi connectivity index (χ3n) is 1.83. The third-order valence-corrected chi connectivity index (χ3v) is 2.95. The van der Waals surface area contributed by atoms with Gasteiger partial charge in [0.15, 0.2) is 5.13 Å². The fourth-order valence-electron chi connectivity index (χ4n) is 1.16. The van der Waals surface area contributed by atoms with Crippen LogP contribution >= 0.6 is 22.9 Å². The summed E-state index contributed by atoms with van der Waals surface area (Å²) in [5.74, 6) is 0. The van der Waals surface area contributed by atoms with Crippen molar-refractivity contribution < 1.29 is 0 Å². The van der Waals surface area contributed by atoms with Crippen molar-refractivity contribution in [2.75, 3.05) is 5.73 Å². The summed E-state index contributed by atoms with van der Waals surface area (Å²) in [6, 6.07) is 1.43. The lowest BCUT2D eigenvalue weighted by molar-refractivity contribution is 0.976. The van der Waals surface area contributed by atoms with Crippen molar-refractivity contribution in [3.63, 3.8) is 0 Å². The smallest absolute Gasteiger partial charge is 0.280 e. The number of hydrogen-bond donors (Lipinski definition) is 1. The zero-order valence-corrected chi connectivity index (χ0v) is 9.47. The molecular weight excluding hydrogens is 234 g/mol. The summed E-state index contributed by atoms with van der Waals surface area (Å²) in [6.07, 6.45) is 3.21. The summed E-state index contributed by atoms with van der Waals surface area (Å²) in [6.45, 7) is 1.92. The number of hydrogen-bond acceptors (Lipinski definition) is 4. The van der Waals surface area contributed by atoms with Gasteiger partial charge in [0, 0.05) is 17.3 Å². The van der Waals surface area contributed by atoms with Crippen LogP contribution in [0.3, 0.4) is 0 Å². The molecule has 0 aliphatic rings. The van der Waals surface area contributed by atoms with Crippen LogP contribution in [0.1, 0.15) is 4.88 Å². The Bertz CT molecular complexity index is 561. The first-order valence-corrected chi connectivity index (χ1v) is 5.38. The monoisotopic (exact) mass is 241 g/mol. The molecule has 0 spiro atoms. The number of nitrogens with zero attached hydrogens (tertiary/aromatic N) is 2. The molecule has 0 aliphatic carbocycles. The molecule has 4 nitrogen and oxygen atoms in total. The second-order valence-electron chi connectivity index (χ2n) is 3.04. The molecular formula is C9H8ClN3OS. The van der Waals surface area contributed by atoms with E-state index in [-0.39, 0.29) is 11.2 Å². The summed E-state index contributed by atoms with van der Waals surface area (Å²) in [5.41, 5.74) is 5.35. The Morgan fingerprint density at radius 3 is 2.93 bits per heavy atom. The van der Waals surface area contributed by atoms with Crippen LogP contribution in [0.5, 0.6) is 0 Å². The predicted octanol–water partition coefficient (Wildman–Crippen LogP) is 1.84. The van der Waals surface area contributed by atoms with Gasteiger partial charge in [0.2, 0.25) is 0 Å². The van der Waals surface area contributed by atoms with Gasteiger partial charge >= 0.3 is 0 Å². The average molecular weight is 242 g/mol. The van der Waals surface area contributed by atoms with E-state index in [0.29, 0.717) is 10.2 Å². The number of aromatic nitrogens is 2. The molecule has 2 aromatic rings. The lowest BCUT2D eigenvalue weighted by atomic mass is 10.4. The minimum absolute atomic E-state index is 0.121. The first-order valence-electron chi connectivity index (χ1n) is 4.18. The fraction of sp³-hybridized carbons (Fsp3) is 0.111. The highest BCUT2D eigenvalue weighted by atomic mass is 35.5. The maximum atomic E-state index is 11.7. The van der Waals surface area contributed by atoms with Crippen LogP contribution in [0, 0.1) is 6.92 Å². The molecule has 2 N–H and O–H groups in total. The molecule has 2 rings (SSSR count). The number of rotatable bonds is 1. The number of anilines is 1. The second kappa shape index (κ2) is 3.67. The highest BCUT2D eigenvalue weighted by Gasteiger charge is 2.07. The summed E-state index contributed by atoms with van der Waals surface area (Å²) < 4.78 is 1.36. The molecule has 0 saturated carbocycles. The van der Waals surface area contributed by atoms with E-state index in [1.807, 2.05) is 6.92 Å². The van der Waals surface area contributed by atoms with Crippen molar-refractivity contribution in [3.8, 4) is 5.13 Å². The number of pyridine rings is 1. The van der Waals surface area contributed by atoms with Gasteiger partial charge in [-0.2, -0.15) is 0 Å². The fourth-order valence-corrected chi connectivity index (χ4v) is 2.11. The highest BCUT2D eigenvalue weighted by molar-refractivity contribution is 7.14. The second-order valence-corrected chi connectivity index (χ2v) is 4.69. The van der Waals surface area contributed by atoms with Crippen LogP contribution in [-0.2, 0) is 0 Å². The van der Waals surface area contributed by atoms with Crippen LogP contribution in [-0.4, -0.2) is 9.55 Å². The molecule has 0 unspecified atom stereocenters. The van der Waals surface area contributed by atoms with E-state index in [2.05, 4.69) is 4.98 Å². The standard InChI is InChI=1S/C9H8ClN3OS/c1-5-3-12-9(15-5)13-4-6(10)2-7(11)8(13)14/h2-4H,11H2,1H3. The van der Waals surface area contributed by atoms with Crippen molar-refractivity contribution in [1.82, 2.24) is 9.55 Å². The molecule has 2 heterocycles. The SMILES string of the molecule is Cc1cnc(-n2cc(Cl)cc(N)c2=O)s1. The van der Waals surface area contributed by atoms with Crippen molar-refractivity contribution >= 4 is 28.6 Å². The molecule has 0 aromatic carbocycles. The van der Waals surface area contributed by atoms with Gasteiger partial charge in [-0.3, -0.25) is 9.36 Å². The van der Waals surface area contributed by atoms with Crippen LogP contribution in [0.15, 0.2) is 23.3 Å². The summed E-state index contributed by atoms with van der Waals surface area (Å²) >= 11 is 7.23. The highest BCUT2D eigenvalue weighted by Crippen LogP contribution is 2.17. The van der Waals surface area contributed by atoms with Gasteiger partial charge in [0.1, 0.15) is 0 Å². The Morgan fingerprint density at radius 1 is 1.60 bits per heavy atom. The third kappa shape index (κ3) is 1.88. The molecule has 0 aliphatic heterocycles. The Morgan fingerprint density at radius 2 is 2.33 bits per heavy atom. The first kappa shape index (κ1) is 10.2. The molecule has 0 bridgehead atoms. The molecule has 0 fully saturated rings. The lowest BCUT2D eigenvalue weighted by Crippen LogP contribution is -2.20. The van der Waals surface area contributed by atoms with E-state index in [4.69, 9.17) is 17.3 Å². The molecule has 0 radical (unpaired) electrons. The van der Waals surface area contributed by atoms with Gasteiger partial charge in [0.25, 0.3) is 5.56 Å². The van der Waals surface area contributed by atoms with Crippen LogP contribution in [0.4, 0.5) is 5.69 Å². The molecule has 15 heavy (non-hydrogen) atoms. The van der Waals surface area contributed by atoms with E-state index >= 15 is 0 Å². The van der Waals surface area contributed by atoms with Gasteiger partial charge < -0.3 is 5.73 Å². The van der Waals surface area contributed by atoms with Gasteiger partial charge in [-0.15, -0.1) is 11.3 Å². The molecule has 0 amide bonds. The number of halogens is 1. The van der Waals surface area contributed by atoms with Crippen molar-refractivity contribution in [2.45, 2.75) is 6.92 Å². The molecule has 0 atom stereocenters. The number of thiazole rings is 1. The van der Waals surface area contributed by atoms with E-state index < -0.39 is 0 Å². The Hall–Kier alpha value is -1.33. The van der Waals surface area contributed by atoms with Crippen LogP contribution < -0.4 is 11.3 Å². The van der Waals surface area contributed by atoms with Crippen molar-refractivity contribution in [1.29, 1.82) is 0 Å². The Labute approximate surface area is 94.9 Å². The van der Waals surface area contributed by atoms with Crippen molar-refractivity contribution in [2.24, 2.45) is 0 Å². The topological polar surface area (TPSA) is 60.9 Å². The minimum atomic E-state index is -0.297. The van der Waals surface area contributed by atoms with Crippen LogP contribution in [0.2, 0.25) is 5.02 Å². The zero-order valence-electron chi connectivity index (χ0n) is 7.90. The average Bonchev–Trinajstić information content (AvgIpc) is 2.58. The quantitative estimate of drug-likeness (QED) is 0.829. The van der Waals surface area contributed by atoms with E-state index in [1.54, 1.807) is 6.20 Å². The maximum Gasteiger partial charge on any atom is 0.280 e. The Balaban J connectivity index is 2.67. The molecule has 6 heteroatoms. The van der Waals surface area contributed by atoms with Gasteiger partial charge in [-0.1, -0.05) is 11.6 Å². The first-order chi connectivity index (χ1) is 7.08. The molecule has 0 saturated heterocycles. The lowest BCUT2D eigenvalue weighted by Gasteiger charge is -2.02. The number of aryl methyl sites for hydroxylation is 1. The van der Waals surface area contributed by atoms with E-state index in [0.717, 1.165) is 4.88 Å². The summed E-state index contributed by atoms with van der Waals surface area (Å²) in [5, 5.41) is 0.992. The predicted molar refractivity (Wildman–Crippen MR) is 61.9 cm³/mol.